The zero-order valence-electron chi connectivity index (χ0n) is 9.25. The van der Waals surface area contributed by atoms with Crippen LogP contribution in [0, 0.1) is 0 Å². The fourth-order valence-electron chi connectivity index (χ4n) is 1.30. The van der Waals surface area contributed by atoms with Crippen LogP contribution in [0.25, 0.3) is 0 Å². The van der Waals surface area contributed by atoms with E-state index in [1.165, 1.54) is 32.2 Å². The number of hydrogen-bond donors (Lipinski definition) is 0. The van der Waals surface area contributed by atoms with E-state index in [0.29, 0.717) is 0 Å². The molecule has 0 N–H and O–H groups in total. The summed E-state index contributed by atoms with van der Waals surface area (Å²) in [5, 5.41) is -0.831. The van der Waals surface area contributed by atoms with Crippen molar-refractivity contribution in [3.8, 4) is 11.5 Å². The molecule has 1 aromatic carbocycles. The fraction of sp³-hybridized carbons (Fsp3) is 0.364. The smallest absolute Gasteiger partial charge is 0.387 e. The number of ketones is 1. The summed E-state index contributed by atoms with van der Waals surface area (Å²) in [6.07, 6.45) is 0. The number of Topliss-reactive ketones (excluding diaryl/α,β-unsaturated/α-hetero) is 1. The first-order valence-corrected chi connectivity index (χ1v) is 5.21. The van der Waals surface area contributed by atoms with Gasteiger partial charge in [0.1, 0.15) is 0 Å². The molecule has 1 aromatic rings. The van der Waals surface area contributed by atoms with Crippen LogP contribution >= 0.6 is 11.6 Å². The molecule has 0 radical (unpaired) electrons. The third-order valence-electron chi connectivity index (χ3n) is 2.03. The minimum absolute atomic E-state index is 0.0212. The fourth-order valence-corrected chi connectivity index (χ4v) is 1.41. The molecule has 0 saturated heterocycles. The van der Waals surface area contributed by atoms with Crippen LogP contribution in [0.15, 0.2) is 18.2 Å². The highest BCUT2D eigenvalue weighted by Crippen LogP contribution is 2.33. The van der Waals surface area contributed by atoms with Gasteiger partial charge in [-0.2, -0.15) is 8.78 Å². The van der Waals surface area contributed by atoms with Crippen LogP contribution in [-0.4, -0.2) is 24.9 Å². The molecule has 0 heterocycles. The SMILES string of the molecule is COc1cccc(C(=O)C(C)Cl)c1OC(F)F. The lowest BCUT2D eigenvalue weighted by Crippen LogP contribution is -2.14. The van der Waals surface area contributed by atoms with Gasteiger partial charge in [-0.3, -0.25) is 4.79 Å². The van der Waals surface area contributed by atoms with Crippen LogP contribution in [0.5, 0.6) is 11.5 Å². The molecule has 6 heteroatoms. The first-order valence-electron chi connectivity index (χ1n) is 4.77. The number of hydrogen-bond acceptors (Lipinski definition) is 3. The molecule has 0 aliphatic carbocycles. The summed E-state index contributed by atoms with van der Waals surface area (Å²) in [6.45, 7) is -1.58. The zero-order valence-corrected chi connectivity index (χ0v) is 10.0. The molecule has 0 saturated carbocycles. The van der Waals surface area contributed by atoms with Crippen molar-refractivity contribution >= 4 is 17.4 Å². The highest BCUT2D eigenvalue weighted by molar-refractivity contribution is 6.34. The standard InChI is InChI=1S/C11H11ClF2O3/c1-6(12)9(15)7-4-3-5-8(16-2)10(7)17-11(13)14/h3-6,11H,1-2H3. The lowest BCUT2D eigenvalue weighted by molar-refractivity contribution is -0.0515. The molecule has 0 aliphatic heterocycles. The second kappa shape index (κ2) is 5.82. The summed E-state index contributed by atoms with van der Waals surface area (Å²) >= 11 is 5.63. The molecule has 1 rings (SSSR count). The Bertz CT molecular complexity index is 408. The summed E-state index contributed by atoms with van der Waals surface area (Å²) in [6, 6.07) is 4.29. The molecular formula is C11H11ClF2O3. The lowest BCUT2D eigenvalue weighted by atomic mass is 10.1. The van der Waals surface area contributed by atoms with Crippen molar-refractivity contribution in [1.29, 1.82) is 0 Å². The molecule has 0 amide bonds. The second-order valence-electron chi connectivity index (χ2n) is 3.20. The van der Waals surface area contributed by atoms with E-state index >= 15 is 0 Å². The van der Waals surface area contributed by atoms with Gasteiger partial charge >= 0.3 is 6.61 Å². The Morgan fingerprint density at radius 1 is 1.41 bits per heavy atom. The van der Waals surface area contributed by atoms with Gasteiger partial charge in [0.2, 0.25) is 0 Å². The van der Waals surface area contributed by atoms with E-state index in [1.807, 2.05) is 0 Å². The van der Waals surface area contributed by atoms with Crippen molar-refractivity contribution < 1.29 is 23.0 Å². The van der Waals surface area contributed by atoms with Crippen molar-refractivity contribution in [2.45, 2.75) is 18.9 Å². The van der Waals surface area contributed by atoms with Gasteiger partial charge in [-0.05, 0) is 19.1 Å². The van der Waals surface area contributed by atoms with Crippen LogP contribution in [0.4, 0.5) is 8.78 Å². The minimum Gasteiger partial charge on any atom is -0.493 e. The highest BCUT2D eigenvalue weighted by Gasteiger charge is 2.22. The number of alkyl halides is 3. The molecule has 0 aromatic heterocycles. The molecular weight excluding hydrogens is 254 g/mol. The van der Waals surface area contributed by atoms with Crippen molar-refractivity contribution in [2.75, 3.05) is 7.11 Å². The molecule has 0 aliphatic rings. The van der Waals surface area contributed by atoms with Gasteiger partial charge in [-0.1, -0.05) is 6.07 Å². The Morgan fingerprint density at radius 2 is 2.06 bits per heavy atom. The van der Waals surface area contributed by atoms with Crippen molar-refractivity contribution in [1.82, 2.24) is 0 Å². The van der Waals surface area contributed by atoms with Crippen LogP contribution in [0.2, 0.25) is 0 Å². The third-order valence-corrected chi connectivity index (χ3v) is 2.23. The number of benzene rings is 1. The molecule has 3 nitrogen and oxygen atoms in total. The third kappa shape index (κ3) is 3.30. The van der Waals surface area contributed by atoms with Crippen molar-refractivity contribution in [3.63, 3.8) is 0 Å². The number of ether oxygens (including phenoxy) is 2. The predicted molar refractivity (Wildman–Crippen MR) is 59.3 cm³/mol. The molecule has 0 bridgehead atoms. The highest BCUT2D eigenvalue weighted by atomic mass is 35.5. The van der Waals surface area contributed by atoms with E-state index in [-0.39, 0.29) is 17.1 Å². The van der Waals surface area contributed by atoms with Crippen LogP contribution < -0.4 is 9.47 Å². The van der Waals surface area contributed by atoms with Gasteiger partial charge in [-0.15, -0.1) is 11.6 Å². The Morgan fingerprint density at radius 3 is 2.53 bits per heavy atom. The van der Waals surface area contributed by atoms with Gasteiger partial charge in [0, 0.05) is 0 Å². The topological polar surface area (TPSA) is 35.5 Å². The number of methoxy groups -OCH3 is 1. The number of carbonyl (C=O) groups is 1. The van der Waals surface area contributed by atoms with Gasteiger partial charge in [-0.25, -0.2) is 0 Å². The second-order valence-corrected chi connectivity index (χ2v) is 3.85. The number of carbonyl (C=O) groups excluding carboxylic acids is 1. The summed E-state index contributed by atoms with van der Waals surface area (Å²) in [5.74, 6) is -0.725. The summed E-state index contributed by atoms with van der Waals surface area (Å²) in [7, 11) is 1.30. The van der Waals surface area contributed by atoms with Gasteiger partial charge in [0.15, 0.2) is 17.3 Å². The van der Waals surface area contributed by atoms with Crippen molar-refractivity contribution in [2.24, 2.45) is 0 Å². The van der Waals surface area contributed by atoms with Crippen LogP contribution in [0.1, 0.15) is 17.3 Å². The summed E-state index contributed by atoms with van der Waals surface area (Å²) in [5.41, 5.74) is -0.0212. The van der Waals surface area contributed by atoms with Crippen molar-refractivity contribution in [3.05, 3.63) is 23.8 Å². The number of rotatable bonds is 5. The minimum atomic E-state index is -3.04. The molecule has 0 fully saturated rings. The first-order chi connectivity index (χ1) is 7.97. The summed E-state index contributed by atoms with van der Waals surface area (Å²) in [4.78, 5) is 11.7. The maximum atomic E-state index is 12.3. The maximum absolute atomic E-state index is 12.3. The Kier molecular flexibility index (Phi) is 4.69. The molecule has 1 atom stereocenters. The van der Waals surface area contributed by atoms with E-state index in [9.17, 15) is 13.6 Å². The Hall–Kier alpha value is -1.36. The molecule has 0 spiro atoms. The largest absolute Gasteiger partial charge is 0.493 e. The summed E-state index contributed by atoms with van der Waals surface area (Å²) < 4.78 is 33.7. The van der Waals surface area contributed by atoms with Crippen LogP contribution in [0.3, 0.4) is 0 Å². The van der Waals surface area contributed by atoms with E-state index in [4.69, 9.17) is 16.3 Å². The zero-order chi connectivity index (χ0) is 13.0. The predicted octanol–water partition coefficient (Wildman–Crippen LogP) is 3.11. The Labute approximate surface area is 102 Å². The monoisotopic (exact) mass is 264 g/mol. The quantitative estimate of drug-likeness (QED) is 0.605. The van der Waals surface area contributed by atoms with Crippen LogP contribution in [-0.2, 0) is 0 Å². The Balaban J connectivity index is 3.23. The average molecular weight is 265 g/mol. The maximum Gasteiger partial charge on any atom is 0.387 e. The molecule has 1 unspecified atom stereocenters. The van der Waals surface area contributed by atoms with E-state index in [2.05, 4.69) is 4.74 Å². The number of halogens is 3. The lowest BCUT2D eigenvalue weighted by Gasteiger charge is -2.14. The van der Waals surface area contributed by atoms with E-state index < -0.39 is 17.8 Å². The number of para-hydroxylation sites is 1. The molecule has 94 valence electrons. The van der Waals surface area contributed by atoms with E-state index in [1.54, 1.807) is 0 Å². The molecule has 17 heavy (non-hydrogen) atoms. The van der Waals surface area contributed by atoms with Gasteiger partial charge < -0.3 is 9.47 Å². The normalized spacial score (nSPS) is 12.4. The first kappa shape index (κ1) is 13.7. The van der Waals surface area contributed by atoms with E-state index in [0.717, 1.165) is 0 Å². The van der Waals surface area contributed by atoms with Gasteiger partial charge in [0.25, 0.3) is 0 Å². The average Bonchev–Trinajstić information content (AvgIpc) is 2.27. The van der Waals surface area contributed by atoms with Gasteiger partial charge in [0.05, 0.1) is 18.1 Å².